The van der Waals surface area contributed by atoms with Crippen molar-refractivity contribution in [1.29, 1.82) is 0 Å². The maximum atomic E-state index is 11.4. The number of amides is 1. The van der Waals surface area contributed by atoms with Gasteiger partial charge in [-0.2, -0.15) is 0 Å². The number of carbonyl (C=O) groups excluding carboxylic acids is 1. The Morgan fingerprint density at radius 1 is 1.07 bits per heavy atom. The summed E-state index contributed by atoms with van der Waals surface area (Å²) in [7, 11) is -1.40. The van der Waals surface area contributed by atoms with E-state index >= 15 is 0 Å². The maximum Gasteiger partial charge on any atom is 0.212 e. The van der Waals surface area contributed by atoms with Crippen LogP contribution < -0.4 is 4.98 Å². The lowest BCUT2D eigenvalue weighted by Gasteiger charge is -2.17. The fourth-order valence-electron chi connectivity index (χ4n) is 1.37. The van der Waals surface area contributed by atoms with Gasteiger partial charge in [0.05, 0.1) is 0 Å². The van der Waals surface area contributed by atoms with Gasteiger partial charge in [-0.1, -0.05) is 52.2 Å². The van der Waals surface area contributed by atoms with Gasteiger partial charge >= 0.3 is 0 Å². The smallest absolute Gasteiger partial charge is 0.212 e. The molecule has 0 heterocycles. The molecule has 1 N–H and O–H groups in total. The Bertz CT molecular complexity index is 163. The Hall–Kier alpha value is -0.313. The predicted molar refractivity (Wildman–Crippen MR) is 64.9 cm³/mol. The minimum Gasteiger partial charge on any atom is -0.382 e. The molecule has 0 aromatic rings. The summed E-state index contributed by atoms with van der Waals surface area (Å²) in [4.78, 5) is 14.5. The van der Waals surface area contributed by atoms with Crippen LogP contribution in [0.2, 0.25) is 19.6 Å². The highest BCUT2D eigenvalue weighted by Gasteiger charge is 2.15. The zero-order chi connectivity index (χ0) is 11.0. The van der Waals surface area contributed by atoms with E-state index in [2.05, 4.69) is 31.5 Å². The Balaban J connectivity index is 3.36. The van der Waals surface area contributed by atoms with Crippen LogP contribution in [0.5, 0.6) is 0 Å². The van der Waals surface area contributed by atoms with E-state index in [1.54, 1.807) is 0 Å². The molecular weight excluding hydrogens is 190 g/mol. The first kappa shape index (κ1) is 13.7. The molecule has 0 saturated heterocycles. The fraction of sp³-hybridized carbons (Fsp3) is 0.909. The van der Waals surface area contributed by atoms with Gasteiger partial charge in [0.15, 0.2) is 0 Å². The molecule has 1 amide bonds. The SMILES string of the molecule is CCCCCCCC(=O)N[Si](C)(C)C. The Labute approximate surface area is 89.6 Å². The van der Waals surface area contributed by atoms with Gasteiger partial charge in [0, 0.05) is 6.42 Å². The van der Waals surface area contributed by atoms with E-state index in [9.17, 15) is 4.79 Å². The van der Waals surface area contributed by atoms with Crippen LogP contribution in [0, 0.1) is 0 Å². The molecule has 0 aromatic carbocycles. The molecule has 0 radical (unpaired) electrons. The standard InChI is InChI=1S/C11H25NOSi/c1-5-6-7-8-9-10-11(13)12-14(2,3)4/h5-10H2,1-4H3,(H,12,13). The predicted octanol–water partition coefficient (Wildman–Crippen LogP) is 3.30. The number of hydrogen-bond acceptors (Lipinski definition) is 1. The maximum absolute atomic E-state index is 11.4. The van der Waals surface area contributed by atoms with Gasteiger partial charge in [-0.25, -0.2) is 0 Å². The zero-order valence-corrected chi connectivity index (χ0v) is 11.2. The Morgan fingerprint density at radius 3 is 2.14 bits per heavy atom. The summed E-state index contributed by atoms with van der Waals surface area (Å²) >= 11 is 0. The first-order valence-electron chi connectivity index (χ1n) is 5.76. The van der Waals surface area contributed by atoms with Gasteiger partial charge < -0.3 is 4.98 Å². The van der Waals surface area contributed by atoms with E-state index in [-0.39, 0.29) is 5.91 Å². The number of hydrogen-bond donors (Lipinski definition) is 1. The summed E-state index contributed by atoms with van der Waals surface area (Å²) in [6, 6.07) is 0. The normalized spacial score (nSPS) is 11.4. The molecule has 3 heteroatoms. The summed E-state index contributed by atoms with van der Waals surface area (Å²) in [5.74, 6) is 0.251. The molecule has 14 heavy (non-hydrogen) atoms. The second-order valence-corrected chi connectivity index (χ2v) is 9.71. The first-order valence-corrected chi connectivity index (χ1v) is 9.26. The van der Waals surface area contributed by atoms with E-state index in [0.29, 0.717) is 6.42 Å². The van der Waals surface area contributed by atoms with Crippen LogP contribution in [-0.4, -0.2) is 14.1 Å². The van der Waals surface area contributed by atoms with Crippen LogP contribution in [0.15, 0.2) is 0 Å². The Kier molecular flexibility index (Phi) is 6.88. The molecule has 0 bridgehead atoms. The molecule has 2 nitrogen and oxygen atoms in total. The number of carbonyl (C=O) groups is 1. The molecule has 84 valence electrons. The molecule has 0 aliphatic heterocycles. The lowest BCUT2D eigenvalue weighted by molar-refractivity contribution is -0.119. The topological polar surface area (TPSA) is 29.1 Å². The van der Waals surface area contributed by atoms with Crippen molar-refractivity contribution in [2.75, 3.05) is 0 Å². The van der Waals surface area contributed by atoms with E-state index < -0.39 is 8.24 Å². The minimum atomic E-state index is -1.40. The lowest BCUT2D eigenvalue weighted by atomic mass is 10.1. The number of unbranched alkanes of at least 4 members (excludes halogenated alkanes) is 4. The zero-order valence-electron chi connectivity index (χ0n) is 10.2. The third kappa shape index (κ3) is 9.77. The van der Waals surface area contributed by atoms with Gasteiger partial charge in [0.2, 0.25) is 5.91 Å². The van der Waals surface area contributed by atoms with Crippen LogP contribution >= 0.6 is 0 Å². The quantitative estimate of drug-likeness (QED) is 0.512. The molecule has 0 spiro atoms. The summed E-state index contributed by atoms with van der Waals surface area (Å²) in [5.41, 5.74) is 0. The first-order chi connectivity index (χ1) is 6.45. The summed E-state index contributed by atoms with van der Waals surface area (Å²) in [6.45, 7) is 8.67. The van der Waals surface area contributed by atoms with Crippen LogP contribution in [0.1, 0.15) is 45.4 Å². The average Bonchev–Trinajstić information content (AvgIpc) is 2.00. The van der Waals surface area contributed by atoms with Crippen LogP contribution in [-0.2, 0) is 4.79 Å². The highest BCUT2D eigenvalue weighted by molar-refractivity contribution is 6.75. The van der Waals surface area contributed by atoms with Gasteiger partial charge in [-0.05, 0) is 6.42 Å². The monoisotopic (exact) mass is 215 g/mol. The van der Waals surface area contributed by atoms with Crippen molar-refractivity contribution >= 4 is 14.1 Å². The Morgan fingerprint density at radius 2 is 1.64 bits per heavy atom. The summed E-state index contributed by atoms with van der Waals surface area (Å²) in [5, 5.41) is 0. The minimum absolute atomic E-state index is 0.251. The van der Waals surface area contributed by atoms with E-state index in [1.807, 2.05) is 0 Å². The van der Waals surface area contributed by atoms with E-state index in [4.69, 9.17) is 0 Å². The van der Waals surface area contributed by atoms with Gasteiger partial charge in [0.1, 0.15) is 8.24 Å². The summed E-state index contributed by atoms with van der Waals surface area (Å²) < 4.78 is 0. The second-order valence-electron chi connectivity index (χ2n) is 4.96. The number of rotatable bonds is 7. The van der Waals surface area contributed by atoms with Gasteiger partial charge in [-0.3, -0.25) is 4.79 Å². The van der Waals surface area contributed by atoms with Crippen molar-refractivity contribution in [3.8, 4) is 0 Å². The van der Waals surface area contributed by atoms with Crippen molar-refractivity contribution in [2.45, 2.75) is 65.1 Å². The van der Waals surface area contributed by atoms with Crippen molar-refractivity contribution in [2.24, 2.45) is 0 Å². The molecule has 0 fully saturated rings. The van der Waals surface area contributed by atoms with E-state index in [1.165, 1.54) is 25.7 Å². The molecule has 0 saturated carbocycles. The molecule has 0 aliphatic carbocycles. The van der Waals surface area contributed by atoms with Crippen molar-refractivity contribution in [1.82, 2.24) is 4.98 Å². The fourth-order valence-corrected chi connectivity index (χ4v) is 2.33. The number of nitrogens with one attached hydrogen (secondary N) is 1. The van der Waals surface area contributed by atoms with Crippen LogP contribution in [0.3, 0.4) is 0 Å². The molecule has 0 aliphatic rings. The molecular formula is C11H25NOSi. The van der Waals surface area contributed by atoms with Crippen LogP contribution in [0.4, 0.5) is 0 Å². The molecule has 0 unspecified atom stereocenters. The molecule has 0 atom stereocenters. The molecule has 0 aromatic heterocycles. The largest absolute Gasteiger partial charge is 0.382 e. The second kappa shape index (κ2) is 7.04. The lowest BCUT2D eigenvalue weighted by Crippen LogP contribution is -2.45. The third-order valence-corrected chi connectivity index (χ3v) is 3.05. The third-order valence-electron chi connectivity index (χ3n) is 2.02. The molecule has 0 rings (SSSR count). The van der Waals surface area contributed by atoms with E-state index in [0.717, 1.165) is 6.42 Å². The van der Waals surface area contributed by atoms with Crippen molar-refractivity contribution < 1.29 is 4.79 Å². The van der Waals surface area contributed by atoms with Gasteiger partial charge in [0.25, 0.3) is 0 Å². The average molecular weight is 215 g/mol. The van der Waals surface area contributed by atoms with Gasteiger partial charge in [-0.15, -0.1) is 0 Å². The van der Waals surface area contributed by atoms with Crippen molar-refractivity contribution in [3.05, 3.63) is 0 Å². The van der Waals surface area contributed by atoms with Crippen LogP contribution in [0.25, 0.3) is 0 Å². The summed E-state index contributed by atoms with van der Waals surface area (Å²) in [6.07, 6.45) is 6.81. The highest BCUT2D eigenvalue weighted by Crippen LogP contribution is 2.05. The highest BCUT2D eigenvalue weighted by atomic mass is 28.3. The van der Waals surface area contributed by atoms with Crippen molar-refractivity contribution in [3.63, 3.8) is 0 Å².